The standard InChI is InChI=1S/C22H24N4O/c1-17-23-11-13-25(17)12-5-10-24-22(27)18-8-4-9-21(14-18)26-15-19-6-2-3-7-20(19)16-26/h2-4,6-9,11,13-14H,5,10,12,15-16H2,1H3,(H,24,27). The highest BCUT2D eigenvalue weighted by molar-refractivity contribution is 5.95. The lowest BCUT2D eigenvalue weighted by molar-refractivity contribution is 0.0952. The summed E-state index contributed by atoms with van der Waals surface area (Å²) in [5.41, 5.74) is 4.53. The van der Waals surface area contributed by atoms with Crippen LogP contribution >= 0.6 is 0 Å². The minimum atomic E-state index is -0.0177. The van der Waals surface area contributed by atoms with E-state index in [9.17, 15) is 4.79 Å². The van der Waals surface area contributed by atoms with E-state index in [-0.39, 0.29) is 5.91 Å². The molecule has 0 fully saturated rings. The molecule has 4 rings (SSSR count). The lowest BCUT2D eigenvalue weighted by Gasteiger charge is -2.18. The van der Waals surface area contributed by atoms with Crippen LogP contribution in [0.5, 0.6) is 0 Å². The second kappa shape index (κ2) is 7.66. The lowest BCUT2D eigenvalue weighted by Crippen LogP contribution is -2.25. The van der Waals surface area contributed by atoms with E-state index in [4.69, 9.17) is 0 Å². The fourth-order valence-electron chi connectivity index (χ4n) is 3.55. The van der Waals surface area contributed by atoms with Crippen molar-refractivity contribution in [3.63, 3.8) is 0 Å². The van der Waals surface area contributed by atoms with Gasteiger partial charge in [-0.2, -0.15) is 0 Å². The van der Waals surface area contributed by atoms with E-state index in [0.717, 1.165) is 37.6 Å². The van der Waals surface area contributed by atoms with Crippen LogP contribution in [0.15, 0.2) is 60.9 Å². The van der Waals surface area contributed by atoms with Gasteiger partial charge in [0.2, 0.25) is 0 Å². The number of imidazole rings is 1. The number of aryl methyl sites for hydroxylation is 2. The van der Waals surface area contributed by atoms with Gasteiger partial charge in [0.05, 0.1) is 0 Å². The van der Waals surface area contributed by atoms with Crippen LogP contribution < -0.4 is 10.2 Å². The molecule has 2 heterocycles. The van der Waals surface area contributed by atoms with Crippen LogP contribution in [0.3, 0.4) is 0 Å². The highest BCUT2D eigenvalue weighted by Gasteiger charge is 2.19. The topological polar surface area (TPSA) is 50.2 Å². The lowest BCUT2D eigenvalue weighted by atomic mass is 10.1. The van der Waals surface area contributed by atoms with Crippen molar-refractivity contribution in [2.24, 2.45) is 0 Å². The molecule has 0 aliphatic carbocycles. The minimum absolute atomic E-state index is 0.0177. The maximum absolute atomic E-state index is 12.5. The number of amides is 1. The Kier molecular flexibility index (Phi) is 4.92. The monoisotopic (exact) mass is 360 g/mol. The normalized spacial score (nSPS) is 12.9. The molecular formula is C22H24N4O. The van der Waals surface area contributed by atoms with Crippen LogP contribution in [0.2, 0.25) is 0 Å². The Hall–Kier alpha value is -3.08. The smallest absolute Gasteiger partial charge is 0.251 e. The van der Waals surface area contributed by atoms with E-state index in [0.29, 0.717) is 12.1 Å². The summed E-state index contributed by atoms with van der Waals surface area (Å²) in [6.45, 7) is 5.28. The maximum atomic E-state index is 12.5. The van der Waals surface area contributed by atoms with Gasteiger partial charge in [0.1, 0.15) is 5.82 Å². The van der Waals surface area contributed by atoms with Crippen molar-refractivity contribution in [2.75, 3.05) is 11.4 Å². The summed E-state index contributed by atoms with van der Waals surface area (Å²) in [5.74, 6) is 0.983. The molecule has 1 aliphatic heterocycles. The average molecular weight is 360 g/mol. The van der Waals surface area contributed by atoms with Gasteiger partial charge in [-0.25, -0.2) is 4.98 Å². The van der Waals surface area contributed by atoms with Crippen LogP contribution in [0, 0.1) is 6.92 Å². The molecule has 0 saturated carbocycles. The highest BCUT2D eigenvalue weighted by atomic mass is 16.1. The summed E-state index contributed by atoms with van der Waals surface area (Å²) in [6, 6.07) is 16.4. The zero-order valence-corrected chi connectivity index (χ0v) is 15.6. The van der Waals surface area contributed by atoms with Crippen LogP contribution in [0.1, 0.15) is 33.7 Å². The molecule has 1 aliphatic rings. The first-order valence-corrected chi connectivity index (χ1v) is 9.38. The maximum Gasteiger partial charge on any atom is 0.251 e. The predicted octanol–water partition coefficient (Wildman–Crippen LogP) is 3.53. The molecule has 1 N–H and O–H groups in total. The van der Waals surface area contributed by atoms with Crippen LogP contribution in [-0.4, -0.2) is 22.0 Å². The number of fused-ring (bicyclic) bond motifs is 1. The molecule has 5 nitrogen and oxygen atoms in total. The van der Waals surface area contributed by atoms with Gasteiger partial charge in [-0.3, -0.25) is 4.79 Å². The molecule has 3 aromatic rings. The summed E-state index contributed by atoms with van der Waals surface area (Å²) in [7, 11) is 0. The van der Waals surface area contributed by atoms with Crippen molar-refractivity contribution in [2.45, 2.75) is 33.0 Å². The zero-order valence-electron chi connectivity index (χ0n) is 15.6. The number of nitrogens with one attached hydrogen (secondary N) is 1. The molecule has 5 heteroatoms. The first kappa shape index (κ1) is 17.3. The number of hydrogen-bond acceptors (Lipinski definition) is 3. The van der Waals surface area contributed by atoms with E-state index in [2.05, 4.69) is 50.1 Å². The summed E-state index contributed by atoms with van der Waals surface area (Å²) in [5, 5.41) is 3.02. The Bertz CT molecular complexity index is 922. The summed E-state index contributed by atoms with van der Waals surface area (Å²) in [4.78, 5) is 19.0. The van der Waals surface area contributed by atoms with Crippen molar-refractivity contribution in [3.8, 4) is 0 Å². The number of benzene rings is 2. The van der Waals surface area contributed by atoms with E-state index < -0.39 is 0 Å². The Balaban J connectivity index is 1.33. The number of nitrogens with zero attached hydrogens (tertiary/aromatic N) is 3. The number of carbonyl (C=O) groups is 1. The van der Waals surface area contributed by atoms with E-state index >= 15 is 0 Å². The molecule has 138 valence electrons. The molecule has 0 unspecified atom stereocenters. The Morgan fingerprint density at radius 2 is 1.89 bits per heavy atom. The van der Waals surface area contributed by atoms with Crippen molar-refractivity contribution >= 4 is 11.6 Å². The highest BCUT2D eigenvalue weighted by Crippen LogP contribution is 2.28. The third-order valence-electron chi connectivity index (χ3n) is 5.10. The van der Waals surface area contributed by atoms with Crippen molar-refractivity contribution < 1.29 is 4.79 Å². The quantitative estimate of drug-likeness (QED) is 0.684. The number of carbonyl (C=O) groups excluding carboxylic acids is 1. The SMILES string of the molecule is Cc1nccn1CCCNC(=O)c1cccc(N2Cc3ccccc3C2)c1. The number of rotatable bonds is 6. The van der Waals surface area contributed by atoms with Crippen LogP contribution in [0.4, 0.5) is 5.69 Å². The first-order valence-electron chi connectivity index (χ1n) is 9.38. The van der Waals surface area contributed by atoms with Crippen LogP contribution in [0.25, 0.3) is 0 Å². The van der Waals surface area contributed by atoms with Gasteiger partial charge in [0.25, 0.3) is 5.91 Å². The molecular weight excluding hydrogens is 336 g/mol. The minimum Gasteiger partial charge on any atom is -0.363 e. The second-order valence-corrected chi connectivity index (χ2v) is 6.95. The molecule has 1 aromatic heterocycles. The Morgan fingerprint density at radius 3 is 2.59 bits per heavy atom. The molecule has 0 radical (unpaired) electrons. The molecule has 0 saturated heterocycles. The van der Waals surface area contributed by atoms with Crippen molar-refractivity contribution in [3.05, 3.63) is 83.4 Å². The molecule has 0 spiro atoms. The molecule has 0 bridgehead atoms. The number of aromatic nitrogens is 2. The largest absolute Gasteiger partial charge is 0.363 e. The van der Waals surface area contributed by atoms with E-state index in [1.54, 1.807) is 6.20 Å². The van der Waals surface area contributed by atoms with Gasteiger partial charge in [-0.05, 0) is 42.7 Å². The van der Waals surface area contributed by atoms with Gasteiger partial charge in [0, 0.05) is 49.8 Å². The number of anilines is 1. The van der Waals surface area contributed by atoms with Gasteiger partial charge in [-0.1, -0.05) is 30.3 Å². The van der Waals surface area contributed by atoms with E-state index in [1.807, 2.05) is 31.3 Å². The molecule has 27 heavy (non-hydrogen) atoms. The fourth-order valence-corrected chi connectivity index (χ4v) is 3.55. The molecule has 2 aromatic carbocycles. The Labute approximate surface area is 159 Å². The molecule has 1 amide bonds. The zero-order chi connectivity index (χ0) is 18.6. The predicted molar refractivity (Wildman–Crippen MR) is 107 cm³/mol. The van der Waals surface area contributed by atoms with Gasteiger partial charge >= 0.3 is 0 Å². The summed E-state index contributed by atoms with van der Waals surface area (Å²) in [6.07, 6.45) is 4.65. The van der Waals surface area contributed by atoms with Gasteiger partial charge in [-0.15, -0.1) is 0 Å². The van der Waals surface area contributed by atoms with Gasteiger partial charge in [0.15, 0.2) is 0 Å². The average Bonchev–Trinajstić information content (AvgIpc) is 3.31. The van der Waals surface area contributed by atoms with E-state index in [1.165, 1.54) is 11.1 Å². The third-order valence-corrected chi connectivity index (χ3v) is 5.10. The second-order valence-electron chi connectivity index (χ2n) is 6.95. The van der Waals surface area contributed by atoms with Crippen LogP contribution in [-0.2, 0) is 19.6 Å². The molecule has 0 atom stereocenters. The van der Waals surface area contributed by atoms with Crippen molar-refractivity contribution in [1.29, 1.82) is 0 Å². The third kappa shape index (κ3) is 3.87. The van der Waals surface area contributed by atoms with Crippen molar-refractivity contribution in [1.82, 2.24) is 14.9 Å². The first-order chi connectivity index (χ1) is 13.2. The summed E-state index contributed by atoms with van der Waals surface area (Å²) < 4.78 is 2.10. The summed E-state index contributed by atoms with van der Waals surface area (Å²) >= 11 is 0. The fraction of sp³-hybridized carbons (Fsp3) is 0.273. The number of hydrogen-bond donors (Lipinski definition) is 1. The Morgan fingerprint density at radius 1 is 1.11 bits per heavy atom. The van der Waals surface area contributed by atoms with Gasteiger partial charge < -0.3 is 14.8 Å².